The van der Waals surface area contributed by atoms with Gasteiger partial charge in [-0.15, -0.1) is 0 Å². The van der Waals surface area contributed by atoms with Gasteiger partial charge in [0.05, 0.1) is 12.9 Å². The van der Waals surface area contributed by atoms with Crippen molar-refractivity contribution >= 4 is 24.8 Å². The molecule has 1 aliphatic rings. The summed E-state index contributed by atoms with van der Waals surface area (Å²) in [6, 6.07) is 0. The number of phosphoric ester groups is 1. The van der Waals surface area contributed by atoms with Gasteiger partial charge in [-0.2, -0.15) is 0 Å². The molecule has 0 bridgehead atoms. The molecule has 154 valence electrons. The van der Waals surface area contributed by atoms with Crippen molar-refractivity contribution in [3.63, 3.8) is 0 Å². The van der Waals surface area contributed by atoms with Crippen LogP contribution < -0.4 is 5.32 Å². The zero-order valence-corrected chi connectivity index (χ0v) is 16.1. The van der Waals surface area contributed by atoms with Gasteiger partial charge in [0.1, 0.15) is 24.6 Å². The zero-order valence-electron chi connectivity index (χ0n) is 15.2. The second kappa shape index (κ2) is 8.21. The third kappa shape index (κ3) is 4.55. The number of imidazole rings is 1. The predicted octanol–water partition coefficient (Wildman–Crippen LogP) is -0.0671. The normalized spacial score (nSPS) is 25.2. The SMILES string of the molecule is CC(C)=CCNc1ncnc2c1ncn2[C@@H]1O[C@H](COP(=O)(O)O)[C@H](O)[C@@H]1O. The summed E-state index contributed by atoms with van der Waals surface area (Å²) in [4.78, 5) is 30.2. The van der Waals surface area contributed by atoms with Crippen LogP contribution in [0.1, 0.15) is 20.1 Å². The fourth-order valence-corrected chi connectivity index (χ4v) is 3.13. The molecule has 0 amide bonds. The highest BCUT2D eigenvalue weighted by atomic mass is 31.2. The first kappa shape index (κ1) is 20.8. The monoisotopic (exact) mass is 415 g/mol. The van der Waals surface area contributed by atoms with Crippen LogP contribution >= 0.6 is 7.82 Å². The molecule has 1 saturated heterocycles. The topological polar surface area (TPSA) is 172 Å². The molecule has 4 atom stereocenters. The van der Waals surface area contributed by atoms with Gasteiger partial charge < -0.3 is 30.1 Å². The average molecular weight is 415 g/mol. The van der Waals surface area contributed by atoms with Crippen molar-refractivity contribution in [1.82, 2.24) is 19.5 Å². The van der Waals surface area contributed by atoms with E-state index in [-0.39, 0.29) is 0 Å². The van der Waals surface area contributed by atoms with Crippen molar-refractivity contribution in [1.29, 1.82) is 0 Å². The van der Waals surface area contributed by atoms with Crippen LogP contribution in [-0.2, 0) is 13.8 Å². The van der Waals surface area contributed by atoms with Crippen LogP contribution in [0.3, 0.4) is 0 Å². The predicted molar refractivity (Wildman–Crippen MR) is 97.2 cm³/mol. The first-order valence-corrected chi connectivity index (χ1v) is 9.97. The highest BCUT2D eigenvalue weighted by Crippen LogP contribution is 2.38. The molecule has 1 aliphatic heterocycles. The lowest BCUT2D eigenvalue weighted by molar-refractivity contribution is -0.0504. The lowest BCUT2D eigenvalue weighted by atomic mass is 10.1. The fourth-order valence-electron chi connectivity index (χ4n) is 2.79. The van der Waals surface area contributed by atoms with Gasteiger partial charge >= 0.3 is 7.82 Å². The Hall–Kier alpha value is -1.92. The lowest BCUT2D eigenvalue weighted by Gasteiger charge is -2.16. The first-order chi connectivity index (χ1) is 13.2. The van der Waals surface area contributed by atoms with Gasteiger partial charge in [0.25, 0.3) is 0 Å². The number of nitrogens with zero attached hydrogens (tertiary/aromatic N) is 4. The highest BCUT2D eigenvalue weighted by Gasteiger charge is 2.45. The van der Waals surface area contributed by atoms with Crippen molar-refractivity contribution in [2.45, 2.75) is 38.4 Å². The van der Waals surface area contributed by atoms with E-state index >= 15 is 0 Å². The summed E-state index contributed by atoms with van der Waals surface area (Å²) in [5, 5.41) is 23.6. The van der Waals surface area contributed by atoms with E-state index in [0.29, 0.717) is 23.5 Å². The molecule has 0 aromatic carbocycles. The maximum atomic E-state index is 10.9. The number of ether oxygens (including phenoxy) is 1. The van der Waals surface area contributed by atoms with Crippen molar-refractivity contribution in [2.24, 2.45) is 0 Å². The summed E-state index contributed by atoms with van der Waals surface area (Å²) in [5.74, 6) is 0.496. The van der Waals surface area contributed by atoms with Crippen molar-refractivity contribution < 1.29 is 33.8 Å². The number of hydrogen-bond donors (Lipinski definition) is 5. The standard InChI is InChI=1S/C15H22N5O7P/c1-8(2)3-4-16-13-10-14(18-6-17-13)20(7-19-10)15-12(22)11(21)9(27-15)5-26-28(23,24)25/h3,6-7,9,11-12,15,21-22H,4-5H2,1-2H3,(H,16,17,18)(H2,23,24,25)/t9-,11+,12+,15-/m1/s1. The summed E-state index contributed by atoms with van der Waals surface area (Å²) in [6.45, 7) is 3.91. The minimum Gasteiger partial charge on any atom is -0.387 e. The quantitative estimate of drug-likeness (QED) is 0.303. The number of phosphoric acid groups is 1. The Kier molecular flexibility index (Phi) is 6.10. The highest BCUT2D eigenvalue weighted by molar-refractivity contribution is 7.46. The molecule has 13 heteroatoms. The van der Waals surface area contributed by atoms with Crippen LogP contribution in [0.4, 0.5) is 5.82 Å². The average Bonchev–Trinajstić information content (AvgIpc) is 3.15. The molecular formula is C15H22N5O7P. The Morgan fingerprint density at radius 3 is 2.75 bits per heavy atom. The van der Waals surface area contributed by atoms with E-state index in [1.54, 1.807) is 0 Å². The number of aliphatic hydroxyl groups excluding tert-OH is 2. The van der Waals surface area contributed by atoms with Gasteiger partial charge in [-0.3, -0.25) is 9.09 Å². The third-order valence-corrected chi connectivity index (χ3v) is 4.64. The van der Waals surface area contributed by atoms with Crippen LogP contribution in [0, 0.1) is 0 Å². The summed E-state index contributed by atoms with van der Waals surface area (Å²) < 4.78 is 22.2. The number of aliphatic hydroxyl groups is 2. The summed E-state index contributed by atoms with van der Waals surface area (Å²) in [7, 11) is -4.73. The molecule has 0 radical (unpaired) electrons. The van der Waals surface area contributed by atoms with E-state index in [1.807, 2.05) is 19.9 Å². The number of nitrogens with one attached hydrogen (secondary N) is 1. The number of hydrogen-bond acceptors (Lipinski definition) is 9. The largest absolute Gasteiger partial charge is 0.469 e. The van der Waals surface area contributed by atoms with Crippen LogP contribution in [-0.4, -0.2) is 71.0 Å². The number of fused-ring (bicyclic) bond motifs is 1. The molecule has 0 saturated carbocycles. The van der Waals surface area contributed by atoms with Crippen molar-refractivity contribution in [3.8, 4) is 0 Å². The molecule has 12 nitrogen and oxygen atoms in total. The minimum atomic E-state index is -4.73. The van der Waals surface area contributed by atoms with Gasteiger partial charge in [0.15, 0.2) is 23.2 Å². The molecular weight excluding hydrogens is 393 g/mol. The number of allylic oxidation sites excluding steroid dienone is 1. The van der Waals surface area contributed by atoms with Gasteiger partial charge in [0, 0.05) is 6.54 Å². The molecule has 2 aromatic rings. The Bertz CT molecular complexity index is 909. The minimum absolute atomic E-state index is 0.363. The smallest absolute Gasteiger partial charge is 0.387 e. The van der Waals surface area contributed by atoms with E-state index < -0.39 is 39.0 Å². The van der Waals surface area contributed by atoms with Gasteiger partial charge in [-0.25, -0.2) is 19.5 Å². The van der Waals surface area contributed by atoms with Gasteiger partial charge in [-0.05, 0) is 13.8 Å². The summed E-state index contributed by atoms with van der Waals surface area (Å²) >= 11 is 0. The molecule has 3 rings (SSSR count). The maximum Gasteiger partial charge on any atom is 0.469 e. The fraction of sp³-hybridized carbons (Fsp3) is 0.533. The molecule has 0 spiro atoms. The van der Waals surface area contributed by atoms with Crippen LogP contribution in [0.5, 0.6) is 0 Å². The molecule has 28 heavy (non-hydrogen) atoms. The lowest BCUT2D eigenvalue weighted by Crippen LogP contribution is -2.33. The number of aromatic nitrogens is 4. The third-order valence-electron chi connectivity index (χ3n) is 4.16. The second-order valence-electron chi connectivity index (χ2n) is 6.54. The van der Waals surface area contributed by atoms with E-state index in [0.717, 1.165) is 5.57 Å². The molecule has 0 unspecified atom stereocenters. The van der Waals surface area contributed by atoms with E-state index in [4.69, 9.17) is 14.5 Å². The van der Waals surface area contributed by atoms with Crippen LogP contribution in [0.2, 0.25) is 0 Å². The number of rotatable bonds is 7. The summed E-state index contributed by atoms with van der Waals surface area (Å²) in [5.41, 5.74) is 1.95. The first-order valence-electron chi connectivity index (χ1n) is 8.44. The van der Waals surface area contributed by atoms with Crippen LogP contribution in [0.15, 0.2) is 24.3 Å². The van der Waals surface area contributed by atoms with E-state index in [2.05, 4.69) is 24.8 Å². The second-order valence-corrected chi connectivity index (χ2v) is 7.78. The van der Waals surface area contributed by atoms with Gasteiger partial charge in [-0.1, -0.05) is 11.6 Å². The molecule has 5 N–H and O–H groups in total. The Labute approximate surface area is 160 Å². The zero-order chi connectivity index (χ0) is 20.5. The Morgan fingerprint density at radius 1 is 1.32 bits per heavy atom. The molecule has 2 aromatic heterocycles. The molecule has 1 fully saturated rings. The van der Waals surface area contributed by atoms with Crippen LogP contribution in [0.25, 0.3) is 11.2 Å². The van der Waals surface area contributed by atoms with E-state index in [9.17, 15) is 14.8 Å². The van der Waals surface area contributed by atoms with E-state index in [1.165, 1.54) is 17.2 Å². The van der Waals surface area contributed by atoms with Crippen molar-refractivity contribution in [2.75, 3.05) is 18.5 Å². The van der Waals surface area contributed by atoms with Crippen molar-refractivity contribution in [3.05, 3.63) is 24.3 Å². The van der Waals surface area contributed by atoms with Gasteiger partial charge in [0.2, 0.25) is 0 Å². The summed E-state index contributed by atoms with van der Waals surface area (Å²) in [6.07, 6.45) is -0.286. The molecule has 0 aliphatic carbocycles. The Balaban J connectivity index is 1.81. The Morgan fingerprint density at radius 2 is 2.07 bits per heavy atom. The maximum absolute atomic E-state index is 10.9. The molecule has 3 heterocycles. The number of anilines is 1.